The van der Waals surface area contributed by atoms with Crippen LogP contribution < -0.4 is 10.6 Å². The van der Waals surface area contributed by atoms with E-state index >= 15 is 0 Å². The Balaban J connectivity index is 1.47. The van der Waals surface area contributed by atoms with E-state index in [4.69, 9.17) is 0 Å². The van der Waals surface area contributed by atoms with Gasteiger partial charge in [0.1, 0.15) is 6.54 Å². The van der Waals surface area contributed by atoms with Gasteiger partial charge in [0.05, 0.1) is 12.1 Å². The van der Waals surface area contributed by atoms with Gasteiger partial charge in [-0.1, -0.05) is 0 Å². The average Bonchev–Trinajstić information content (AvgIpc) is 3.23. The number of nitrogens with one attached hydrogen (secondary N) is 2. The van der Waals surface area contributed by atoms with Crippen molar-refractivity contribution < 1.29 is 22.8 Å². The fraction of sp³-hybridized carbons (Fsp3) is 0.882. The van der Waals surface area contributed by atoms with E-state index < -0.39 is 24.7 Å². The highest BCUT2D eigenvalue weighted by Crippen LogP contribution is 2.26. The monoisotopic (exact) mass is 376 g/mol. The molecule has 3 aliphatic rings. The molecule has 26 heavy (non-hydrogen) atoms. The van der Waals surface area contributed by atoms with E-state index in [1.165, 1.54) is 0 Å². The maximum absolute atomic E-state index is 12.6. The number of carbonyl (C=O) groups excluding carboxylic acids is 2. The largest absolute Gasteiger partial charge is 0.406 e. The Hall–Kier alpha value is -1.35. The number of rotatable bonds is 5. The first-order valence-corrected chi connectivity index (χ1v) is 9.44. The molecule has 6 nitrogen and oxygen atoms in total. The molecule has 3 unspecified atom stereocenters. The van der Waals surface area contributed by atoms with Crippen molar-refractivity contribution in [2.24, 2.45) is 5.92 Å². The van der Waals surface area contributed by atoms with E-state index in [-0.39, 0.29) is 24.4 Å². The zero-order chi connectivity index (χ0) is 18.7. The lowest BCUT2D eigenvalue weighted by atomic mass is 9.96. The molecule has 3 heterocycles. The van der Waals surface area contributed by atoms with Gasteiger partial charge < -0.3 is 15.5 Å². The van der Waals surface area contributed by atoms with E-state index in [0.717, 1.165) is 43.7 Å². The van der Waals surface area contributed by atoms with Crippen LogP contribution in [0.4, 0.5) is 13.2 Å². The van der Waals surface area contributed by atoms with Crippen LogP contribution in [0.2, 0.25) is 0 Å². The Morgan fingerprint density at radius 3 is 2.69 bits per heavy atom. The van der Waals surface area contributed by atoms with Gasteiger partial charge in [-0.15, -0.1) is 0 Å². The van der Waals surface area contributed by atoms with Crippen molar-refractivity contribution in [3.8, 4) is 0 Å². The molecule has 9 heteroatoms. The van der Waals surface area contributed by atoms with E-state index in [9.17, 15) is 22.8 Å². The lowest BCUT2D eigenvalue weighted by molar-refractivity contribution is -0.159. The third-order valence-electron chi connectivity index (χ3n) is 5.57. The quantitative estimate of drug-likeness (QED) is 0.743. The minimum atomic E-state index is -4.35. The molecule has 3 fully saturated rings. The van der Waals surface area contributed by atoms with E-state index in [2.05, 4.69) is 10.6 Å². The molecule has 0 aliphatic carbocycles. The summed E-state index contributed by atoms with van der Waals surface area (Å²) in [5, 5.41) is 6.15. The minimum absolute atomic E-state index is 0.0212. The zero-order valence-electron chi connectivity index (χ0n) is 14.9. The smallest absolute Gasteiger partial charge is 0.354 e. The van der Waals surface area contributed by atoms with Gasteiger partial charge in [-0.2, -0.15) is 13.2 Å². The minimum Gasteiger partial charge on any atom is -0.354 e. The number of halogens is 3. The maximum Gasteiger partial charge on any atom is 0.406 e. The maximum atomic E-state index is 12.6. The normalized spacial score (nSPS) is 30.8. The van der Waals surface area contributed by atoms with Gasteiger partial charge in [-0.05, 0) is 51.1 Å². The molecule has 0 spiro atoms. The summed E-state index contributed by atoms with van der Waals surface area (Å²) in [6, 6.07) is -0.561. The average molecular weight is 376 g/mol. The van der Waals surface area contributed by atoms with Crippen molar-refractivity contribution in [3.05, 3.63) is 0 Å². The van der Waals surface area contributed by atoms with Gasteiger partial charge in [-0.25, -0.2) is 0 Å². The third kappa shape index (κ3) is 4.88. The molecule has 148 valence electrons. The van der Waals surface area contributed by atoms with Gasteiger partial charge in [-0.3, -0.25) is 14.5 Å². The molecule has 0 bridgehead atoms. The van der Waals surface area contributed by atoms with Crippen LogP contribution in [0.3, 0.4) is 0 Å². The number of nitrogens with zero attached hydrogens (tertiary/aromatic N) is 2. The summed E-state index contributed by atoms with van der Waals surface area (Å²) in [7, 11) is 0. The first kappa shape index (κ1) is 19.4. The molecular formula is C17H27F3N4O2. The molecule has 0 saturated carbocycles. The highest BCUT2D eigenvalue weighted by Gasteiger charge is 2.42. The SMILES string of the molecule is O=C(NCC1CCCN(C2CCN(CC(F)(F)F)C2=O)C1)C1CCCN1. The van der Waals surface area contributed by atoms with Crippen molar-refractivity contribution in [1.29, 1.82) is 0 Å². The summed E-state index contributed by atoms with van der Waals surface area (Å²) in [6.45, 7) is 1.80. The van der Waals surface area contributed by atoms with Gasteiger partial charge in [0.15, 0.2) is 0 Å². The molecule has 0 aromatic carbocycles. The standard InChI is InChI=1S/C17H27F3N4O2/c18-17(19,20)11-24-8-5-14(16(24)26)23-7-2-3-12(10-23)9-22-15(25)13-4-1-6-21-13/h12-14,21H,1-11H2,(H,22,25). The summed E-state index contributed by atoms with van der Waals surface area (Å²) in [6.07, 6.45) is -0.192. The predicted octanol–water partition coefficient (Wildman–Crippen LogP) is 0.730. The fourth-order valence-corrected chi connectivity index (χ4v) is 4.26. The summed E-state index contributed by atoms with van der Waals surface area (Å²) < 4.78 is 37.7. The van der Waals surface area contributed by atoms with E-state index in [1.807, 2.05) is 4.90 Å². The molecule has 0 aromatic heterocycles. The fourth-order valence-electron chi connectivity index (χ4n) is 4.26. The van der Waals surface area contributed by atoms with Crippen LogP contribution in [0.1, 0.15) is 32.1 Å². The van der Waals surface area contributed by atoms with Crippen LogP contribution in [-0.2, 0) is 9.59 Å². The van der Waals surface area contributed by atoms with Crippen molar-refractivity contribution in [2.75, 3.05) is 39.3 Å². The van der Waals surface area contributed by atoms with Crippen LogP contribution in [0.5, 0.6) is 0 Å². The Morgan fingerprint density at radius 1 is 1.19 bits per heavy atom. The molecule has 0 aromatic rings. The van der Waals surface area contributed by atoms with Gasteiger partial charge in [0, 0.05) is 19.6 Å². The van der Waals surface area contributed by atoms with Crippen molar-refractivity contribution >= 4 is 11.8 Å². The molecule has 2 N–H and O–H groups in total. The molecule has 0 radical (unpaired) electrons. The molecule has 3 aliphatic heterocycles. The Labute approximate surface area is 151 Å². The van der Waals surface area contributed by atoms with Crippen LogP contribution in [0.15, 0.2) is 0 Å². The van der Waals surface area contributed by atoms with Crippen LogP contribution in [-0.4, -0.2) is 79.1 Å². The highest BCUT2D eigenvalue weighted by molar-refractivity contribution is 5.84. The molecular weight excluding hydrogens is 349 g/mol. The second kappa shape index (κ2) is 8.12. The lowest BCUT2D eigenvalue weighted by Gasteiger charge is -2.36. The van der Waals surface area contributed by atoms with Crippen molar-refractivity contribution in [2.45, 2.75) is 50.4 Å². The number of hydrogen-bond acceptors (Lipinski definition) is 4. The predicted molar refractivity (Wildman–Crippen MR) is 89.4 cm³/mol. The van der Waals surface area contributed by atoms with Crippen LogP contribution >= 0.6 is 0 Å². The molecule has 2 amide bonds. The number of alkyl halides is 3. The van der Waals surface area contributed by atoms with Gasteiger partial charge in [0.2, 0.25) is 11.8 Å². The van der Waals surface area contributed by atoms with E-state index in [1.54, 1.807) is 0 Å². The first-order valence-electron chi connectivity index (χ1n) is 9.44. The second-order valence-corrected chi connectivity index (χ2v) is 7.58. The lowest BCUT2D eigenvalue weighted by Crippen LogP contribution is -2.50. The second-order valence-electron chi connectivity index (χ2n) is 7.58. The number of likely N-dealkylation sites (tertiary alicyclic amines) is 2. The van der Waals surface area contributed by atoms with Crippen LogP contribution in [0.25, 0.3) is 0 Å². The highest BCUT2D eigenvalue weighted by atomic mass is 19.4. The first-order chi connectivity index (χ1) is 12.3. The number of hydrogen-bond donors (Lipinski definition) is 2. The van der Waals surface area contributed by atoms with Crippen LogP contribution in [0, 0.1) is 5.92 Å². The Morgan fingerprint density at radius 2 is 2.00 bits per heavy atom. The van der Waals surface area contributed by atoms with E-state index in [0.29, 0.717) is 19.5 Å². The Kier molecular flexibility index (Phi) is 6.06. The van der Waals surface area contributed by atoms with Crippen molar-refractivity contribution in [1.82, 2.24) is 20.4 Å². The summed E-state index contributed by atoms with van der Waals surface area (Å²) in [5.74, 6) is -0.159. The van der Waals surface area contributed by atoms with Gasteiger partial charge >= 0.3 is 6.18 Å². The van der Waals surface area contributed by atoms with Gasteiger partial charge in [0.25, 0.3) is 0 Å². The van der Waals surface area contributed by atoms with Crippen molar-refractivity contribution in [3.63, 3.8) is 0 Å². The third-order valence-corrected chi connectivity index (χ3v) is 5.57. The summed E-state index contributed by atoms with van der Waals surface area (Å²) in [5.41, 5.74) is 0. The number of piperidine rings is 1. The molecule has 3 saturated heterocycles. The summed E-state index contributed by atoms with van der Waals surface area (Å²) in [4.78, 5) is 27.4. The molecule has 3 rings (SSSR count). The molecule has 3 atom stereocenters. The topological polar surface area (TPSA) is 64.7 Å². The zero-order valence-corrected chi connectivity index (χ0v) is 14.9. The number of amides is 2. The summed E-state index contributed by atoms with van der Waals surface area (Å²) >= 11 is 0. The Bertz CT molecular complexity index is 523. The number of carbonyl (C=O) groups is 2.